The zero-order valence-electron chi connectivity index (χ0n) is 16.9. The van der Waals surface area contributed by atoms with Crippen molar-refractivity contribution >= 4 is 46.8 Å². The number of carbonyl (C=O) groups is 3. The molecule has 2 unspecified atom stereocenters. The number of para-hydroxylation sites is 1. The van der Waals surface area contributed by atoms with E-state index in [1.54, 1.807) is 43.0 Å². The number of fused-ring (bicyclic) bond motifs is 1. The number of rotatable bonds is 6. The average Bonchev–Trinajstić information content (AvgIpc) is 3.25. The molecule has 30 heavy (non-hydrogen) atoms. The quantitative estimate of drug-likeness (QED) is 0.643. The van der Waals surface area contributed by atoms with Gasteiger partial charge in [0.15, 0.2) is 0 Å². The summed E-state index contributed by atoms with van der Waals surface area (Å²) >= 11 is 7.77. The van der Waals surface area contributed by atoms with Gasteiger partial charge in [-0.25, -0.2) is 0 Å². The summed E-state index contributed by atoms with van der Waals surface area (Å²) in [5.74, 6) is -2.26. The highest BCUT2D eigenvalue weighted by Crippen LogP contribution is 2.71. The van der Waals surface area contributed by atoms with Crippen LogP contribution in [-0.4, -0.2) is 63.1 Å². The Kier molecular flexibility index (Phi) is 5.53. The minimum absolute atomic E-state index is 0.0323. The van der Waals surface area contributed by atoms with E-state index < -0.39 is 27.4 Å². The second-order valence-corrected chi connectivity index (χ2v) is 10.5. The molecule has 2 N–H and O–H groups in total. The number of amides is 2. The van der Waals surface area contributed by atoms with Crippen LogP contribution in [0.2, 0.25) is 5.02 Å². The second-order valence-electron chi connectivity index (χ2n) is 8.20. The number of nitrogens with one attached hydrogen (secondary N) is 1. The zero-order valence-corrected chi connectivity index (χ0v) is 18.5. The number of benzene rings is 1. The molecule has 3 fully saturated rings. The van der Waals surface area contributed by atoms with Gasteiger partial charge in [0.1, 0.15) is 6.04 Å². The summed E-state index contributed by atoms with van der Waals surface area (Å²) in [5.41, 5.74) is 0.464. The van der Waals surface area contributed by atoms with Crippen LogP contribution in [0.1, 0.15) is 26.7 Å². The zero-order chi connectivity index (χ0) is 21.7. The van der Waals surface area contributed by atoms with E-state index in [4.69, 9.17) is 16.3 Å². The molecule has 3 aliphatic heterocycles. The number of likely N-dealkylation sites (tertiary alicyclic amines) is 1. The van der Waals surface area contributed by atoms with Gasteiger partial charge in [-0.1, -0.05) is 23.7 Å². The molecule has 5 atom stereocenters. The molecule has 2 amide bonds. The lowest BCUT2D eigenvalue weighted by Gasteiger charge is -2.34. The average molecular weight is 453 g/mol. The van der Waals surface area contributed by atoms with Crippen LogP contribution in [0.3, 0.4) is 0 Å². The lowest BCUT2D eigenvalue weighted by Crippen LogP contribution is -2.52. The van der Waals surface area contributed by atoms with Crippen molar-refractivity contribution in [2.75, 3.05) is 25.1 Å². The Morgan fingerprint density at radius 1 is 1.37 bits per heavy atom. The molecule has 7 nitrogen and oxygen atoms in total. The Labute approximate surface area is 184 Å². The van der Waals surface area contributed by atoms with Crippen molar-refractivity contribution in [1.82, 2.24) is 4.90 Å². The molecule has 3 aliphatic rings. The van der Waals surface area contributed by atoms with Gasteiger partial charge < -0.3 is 20.1 Å². The molecule has 2 bridgehead atoms. The molecule has 1 aromatic carbocycles. The van der Waals surface area contributed by atoms with Crippen molar-refractivity contribution in [3.63, 3.8) is 0 Å². The molecule has 9 heteroatoms. The summed E-state index contributed by atoms with van der Waals surface area (Å²) in [6, 6.07) is 6.11. The van der Waals surface area contributed by atoms with Crippen molar-refractivity contribution in [1.29, 1.82) is 0 Å². The fraction of sp³-hybridized carbons (Fsp3) is 0.571. The molecule has 3 heterocycles. The maximum atomic E-state index is 13.5. The van der Waals surface area contributed by atoms with Gasteiger partial charge in [-0.3, -0.25) is 14.4 Å². The fourth-order valence-corrected chi connectivity index (χ4v) is 7.96. The van der Waals surface area contributed by atoms with Crippen LogP contribution in [0.15, 0.2) is 24.3 Å². The highest BCUT2D eigenvalue weighted by molar-refractivity contribution is 8.02. The van der Waals surface area contributed by atoms with E-state index in [0.717, 1.165) is 0 Å². The molecule has 1 aromatic rings. The number of hydrogen-bond acceptors (Lipinski definition) is 6. The third-order valence-corrected chi connectivity index (χ3v) is 8.85. The lowest BCUT2D eigenvalue weighted by molar-refractivity contribution is -0.155. The Morgan fingerprint density at radius 2 is 2.10 bits per heavy atom. The number of anilines is 1. The number of β-amino-alcohol motifs (C(OH)–C–C–N with tert-alkyl or cyclic N) is 1. The predicted molar refractivity (Wildman–Crippen MR) is 114 cm³/mol. The highest BCUT2D eigenvalue weighted by Gasteiger charge is 2.77. The standard InChI is InChI=1S/C21H25ClN2O5S/c1-3-29-19(28)15-14-18(27)24(10-11-25)16(21(14)9-8-20(15,2)30-21)17(26)23-13-7-5-4-6-12(13)22/h4-7,14-16,25H,3,8-11H2,1-2H3,(H,23,26)/t14-,15+,16?,20-,21?/m0/s1. The smallest absolute Gasteiger partial charge is 0.311 e. The van der Waals surface area contributed by atoms with Gasteiger partial charge in [-0.05, 0) is 38.8 Å². The number of esters is 1. The van der Waals surface area contributed by atoms with Gasteiger partial charge in [0.2, 0.25) is 11.8 Å². The van der Waals surface area contributed by atoms with Crippen molar-refractivity contribution in [3.8, 4) is 0 Å². The van der Waals surface area contributed by atoms with Crippen molar-refractivity contribution in [2.45, 2.75) is 42.2 Å². The second kappa shape index (κ2) is 7.73. The molecule has 0 aliphatic carbocycles. The van der Waals surface area contributed by atoms with Crippen molar-refractivity contribution in [2.24, 2.45) is 11.8 Å². The van der Waals surface area contributed by atoms with E-state index in [1.807, 2.05) is 6.92 Å². The third-order valence-electron chi connectivity index (χ3n) is 6.54. The number of hydrogen-bond donors (Lipinski definition) is 2. The van der Waals surface area contributed by atoms with Gasteiger partial charge in [0, 0.05) is 11.3 Å². The first-order valence-electron chi connectivity index (χ1n) is 10.1. The summed E-state index contributed by atoms with van der Waals surface area (Å²) < 4.78 is 4.12. The van der Waals surface area contributed by atoms with E-state index >= 15 is 0 Å². The monoisotopic (exact) mass is 452 g/mol. The summed E-state index contributed by atoms with van der Waals surface area (Å²) in [6.07, 6.45) is 1.36. The number of aliphatic hydroxyl groups excluding tert-OH is 1. The summed E-state index contributed by atoms with van der Waals surface area (Å²) in [7, 11) is 0. The number of carbonyl (C=O) groups excluding carboxylic acids is 3. The Hall–Kier alpha value is -1.77. The SMILES string of the molecule is CCOC(=O)[C@H]1[C@H]2C(=O)N(CCO)C(C(=O)Nc3ccccc3Cl)C23CC[C@]1(C)S3. The van der Waals surface area contributed by atoms with Gasteiger partial charge in [0.05, 0.1) is 40.5 Å². The van der Waals surface area contributed by atoms with Crippen molar-refractivity contribution in [3.05, 3.63) is 29.3 Å². The van der Waals surface area contributed by atoms with Crippen LogP contribution < -0.4 is 5.32 Å². The number of halogens is 1. The van der Waals surface area contributed by atoms with Crippen LogP contribution in [0.5, 0.6) is 0 Å². The number of thioether (sulfide) groups is 1. The van der Waals surface area contributed by atoms with Crippen LogP contribution in [0.4, 0.5) is 5.69 Å². The topological polar surface area (TPSA) is 95.9 Å². The molecular formula is C21H25ClN2O5S. The summed E-state index contributed by atoms with van der Waals surface area (Å²) in [5, 5.41) is 12.8. The molecule has 162 valence electrons. The van der Waals surface area contributed by atoms with Gasteiger partial charge in [-0.2, -0.15) is 0 Å². The van der Waals surface area contributed by atoms with E-state index in [0.29, 0.717) is 23.6 Å². The summed E-state index contributed by atoms with van der Waals surface area (Å²) in [4.78, 5) is 41.2. The van der Waals surface area contributed by atoms with E-state index in [1.165, 1.54) is 4.90 Å². The van der Waals surface area contributed by atoms with Crippen LogP contribution in [0.25, 0.3) is 0 Å². The molecular weight excluding hydrogens is 428 g/mol. The van der Waals surface area contributed by atoms with E-state index in [9.17, 15) is 19.5 Å². The largest absolute Gasteiger partial charge is 0.466 e. The van der Waals surface area contributed by atoms with Gasteiger partial charge in [0.25, 0.3) is 0 Å². The number of nitrogens with zero attached hydrogens (tertiary/aromatic N) is 1. The maximum Gasteiger partial charge on any atom is 0.311 e. The molecule has 0 radical (unpaired) electrons. The first-order valence-corrected chi connectivity index (χ1v) is 11.3. The molecule has 3 saturated heterocycles. The Bertz CT molecular complexity index is 898. The van der Waals surface area contributed by atoms with E-state index in [-0.39, 0.29) is 37.5 Å². The third kappa shape index (κ3) is 3.03. The molecule has 0 saturated carbocycles. The van der Waals surface area contributed by atoms with Crippen LogP contribution in [0, 0.1) is 11.8 Å². The number of aliphatic hydroxyl groups is 1. The van der Waals surface area contributed by atoms with E-state index in [2.05, 4.69) is 5.32 Å². The minimum Gasteiger partial charge on any atom is -0.466 e. The summed E-state index contributed by atoms with van der Waals surface area (Å²) in [6.45, 7) is 3.73. The van der Waals surface area contributed by atoms with Gasteiger partial charge in [-0.15, -0.1) is 11.8 Å². The first kappa shape index (κ1) is 21.5. The predicted octanol–water partition coefficient (Wildman–Crippen LogP) is 2.32. The van der Waals surface area contributed by atoms with Crippen molar-refractivity contribution < 1.29 is 24.2 Å². The first-order chi connectivity index (χ1) is 14.3. The van der Waals surface area contributed by atoms with Gasteiger partial charge >= 0.3 is 5.97 Å². The molecule has 1 spiro atoms. The molecule has 0 aromatic heterocycles. The Balaban J connectivity index is 1.73. The molecule has 4 rings (SSSR count). The maximum absolute atomic E-state index is 13.5. The van der Waals surface area contributed by atoms with Crippen LogP contribution in [-0.2, 0) is 19.1 Å². The normalized spacial score (nSPS) is 34.2. The lowest BCUT2D eigenvalue weighted by atomic mass is 9.66. The highest BCUT2D eigenvalue weighted by atomic mass is 35.5. The van der Waals surface area contributed by atoms with Crippen LogP contribution >= 0.6 is 23.4 Å². The minimum atomic E-state index is -0.801. The fourth-order valence-electron chi connectivity index (χ4n) is 5.43. The number of ether oxygens (including phenoxy) is 1. The Morgan fingerprint density at radius 3 is 2.77 bits per heavy atom.